The van der Waals surface area contributed by atoms with Crippen molar-refractivity contribution in [3.05, 3.63) is 35.8 Å². The van der Waals surface area contributed by atoms with E-state index in [-0.39, 0.29) is 5.56 Å². The van der Waals surface area contributed by atoms with E-state index in [1.54, 1.807) is 0 Å². The van der Waals surface area contributed by atoms with E-state index in [1.165, 1.54) is 24.4 Å². The number of carbonyl (C=O) groups excluding carboxylic acids is 2. The normalized spacial score (nSPS) is 10.5. The number of halogens is 2. The molecule has 0 saturated heterocycles. The molecule has 0 fully saturated rings. The van der Waals surface area contributed by atoms with E-state index in [0.29, 0.717) is 10.9 Å². The minimum atomic E-state index is -1.06. The van der Waals surface area contributed by atoms with Gasteiger partial charge in [-0.05, 0) is 29.8 Å². The Bertz CT molecular complexity index is 562. The van der Waals surface area contributed by atoms with Crippen molar-refractivity contribution in [3.63, 3.8) is 0 Å². The molecule has 2 aromatic rings. The lowest BCUT2D eigenvalue weighted by atomic mass is 10.1. The summed E-state index contributed by atoms with van der Waals surface area (Å²) in [6, 6.07) is 3.88. The predicted molar refractivity (Wildman–Crippen MR) is 53.4 cm³/mol. The molecular formula is C10H5ClFNO2. The molecule has 0 amide bonds. The van der Waals surface area contributed by atoms with Gasteiger partial charge in [-0.1, -0.05) is 0 Å². The molecule has 15 heavy (non-hydrogen) atoms. The van der Waals surface area contributed by atoms with E-state index >= 15 is 0 Å². The van der Waals surface area contributed by atoms with Crippen molar-refractivity contribution in [2.45, 2.75) is 0 Å². The molecule has 0 saturated carbocycles. The van der Waals surface area contributed by atoms with Crippen LogP contribution in [0.15, 0.2) is 24.4 Å². The third kappa shape index (κ3) is 1.64. The Labute approximate surface area is 88.8 Å². The Morgan fingerprint density at radius 2 is 2.07 bits per heavy atom. The van der Waals surface area contributed by atoms with Gasteiger partial charge < -0.3 is 4.98 Å². The fraction of sp³-hybridized carbons (Fsp3) is 0. The Hall–Kier alpha value is -1.68. The maximum atomic E-state index is 12.8. The third-order valence-electron chi connectivity index (χ3n) is 2.07. The smallest absolute Gasteiger partial charge is 0.293 e. The Kier molecular flexibility index (Phi) is 2.28. The summed E-state index contributed by atoms with van der Waals surface area (Å²) in [6.07, 6.45) is 1.34. The topological polar surface area (TPSA) is 49.9 Å². The van der Waals surface area contributed by atoms with Gasteiger partial charge in [0.15, 0.2) is 0 Å². The molecule has 1 heterocycles. The number of aromatic nitrogens is 1. The first-order valence-electron chi connectivity index (χ1n) is 4.10. The summed E-state index contributed by atoms with van der Waals surface area (Å²) in [4.78, 5) is 24.7. The van der Waals surface area contributed by atoms with E-state index in [0.717, 1.165) is 0 Å². The lowest BCUT2D eigenvalue weighted by Crippen LogP contribution is -2.06. The van der Waals surface area contributed by atoms with E-state index in [4.69, 9.17) is 11.6 Å². The van der Waals surface area contributed by atoms with Gasteiger partial charge in [-0.15, -0.1) is 0 Å². The maximum Gasteiger partial charge on any atom is 0.293 e. The van der Waals surface area contributed by atoms with Crippen molar-refractivity contribution in [2.24, 2.45) is 0 Å². The van der Waals surface area contributed by atoms with Gasteiger partial charge in [-0.25, -0.2) is 4.39 Å². The van der Waals surface area contributed by atoms with Gasteiger partial charge in [-0.2, -0.15) is 0 Å². The summed E-state index contributed by atoms with van der Waals surface area (Å²) in [5.74, 6) is -1.21. The number of nitrogens with one attached hydrogen (secondary N) is 1. The van der Waals surface area contributed by atoms with Gasteiger partial charge >= 0.3 is 0 Å². The summed E-state index contributed by atoms with van der Waals surface area (Å²) in [5.41, 5.74) is 0.612. The van der Waals surface area contributed by atoms with Crippen LogP contribution in [0.5, 0.6) is 0 Å². The van der Waals surface area contributed by atoms with Crippen LogP contribution in [-0.2, 0) is 4.79 Å². The zero-order valence-electron chi connectivity index (χ0n) is 7.38. The van der Waals surface area contributed by atoms with Gasteiger partial charge in [0, 0.05) is 17.1 Å². The fourth-order valence-corrected chi connectivity index (χ4v) is 1.49. The molecule has 1 aromatic carbocycles. The van der Waals surface area contributed by atoms with Crippen LogP contribution in [0.3, 0.4) is 0 Å². The van der Waals surface area contributed by atoms with E-state index in [9.17, 15) is 14.0 Å². The van der Waals surface area contributed by atoms with Gasteiger partial charge in [0.1, 0.15) is 5.82 Å². The Morgan fingerprint density at radius 1 is 1.33 bits per heavy atom. The quantitative estimate of drug-likeness (QED) is 0.484. The Balaban J connectivity index is 2.64. The molecule has 0 aliphatic rings. The van der Waals surface area contributed by atoms with Crippen LogP contribution >= 0.6 is 11.6 Å². The van der Waals surface area contributed by atoms with Crippen molar-refractivity contribution in [1.82, 2.24) is 4.98 Å². The molecule has 0 bridgehead atoms. The van der Waals surface area contributed by atoms with Crippen LogP contribution in [0.2, 0.25) is 0 Å². The van der Waals surface area contributed by atoms with Gasteiger partial charge in [-0.3, -0.25) is 9.59 Å². The number of aromatic amines is 1. The Morgan fingerprint density at radius 3 is 2.73 bits per heavy atom. The maximum absolute atomic E-state index is 12.8. The van der Waals surface area contributed by atoms with Crippen molar-refractivity contribution < 1.29 is 14.0 Å². The molecule has 2 rings (SSSR count). The summed E-state index contributed by atoms with van der Waals surface area (Å²) < 4.78 is 12.8. The molecule has 0 aliphatic carbocycles. The highest BCUT2D eigenvalue weighted by atomic mass is 35.5. The number of fused-ring (bicyclic) bond motifs is 1. The molecule has 0 unspecified atom stereocenters. The lowest BCUT2D eigenvalue weighted by Gasteiger charge is -1.93. The summed E-state index contributed by atoms with van der Waals surface area (Å²) in [5, 5.41) is -0.573. The molecule has 5 heteroatoms. The molecule has 0 aliphatic heterocycles. The van der Waals surface area contributed by atoms with Crippen molar-refractivity contribution >= 4 is 33.5 Å². The highest BCUT2D eigenvalue weighted by molar-refractivity contribution is 6.83. The van der Waals surface area contributed by atoms with Crippen LogP contribution < -0.4 is 0 Å². The van der Waals surface area contributed by atoms with Crippen molar-refractivity contribution in [3.8, 4) is 0 Å². The second kappa shape index (κ2) is 3.47. The number of rotatable bonds is 2. The minimum Gasteiger partial charge on any atom is -0.360 e. The molecule has 0 atom stereocenters. The number of H-pyrrole nitrogens is 1. The van der Waals surface area contributed by atoms with Crippen LogP contribution in [0.4, 0.5) is 4.39 Å². The number of benzene rings is 1. The first-order chi connectivity index (χ1) is 7.09. The van der Waals surface area contributed by atoms with Gasteiger partial charge in [0.05, 0.1) is 5.56 Å². The van der Waals surface area contributed by atoms with E-state index < -0.39 is 16.8 Å². The molecule has 0 spiro atoms. The lowest BCUT2D eigenvalue weighted by molar-refractivity contribution is -0.108. The average Bonchev–Trinajstić information content (AvgIpc) is 2.59. The van der Waals surface area contributed by atoms with Crippen molar-refractivity contribution in [2.75, 3.05) is 0 Å². The first-order valence-corrected chi connectivity index (χ1v) is 4.48. The number of hydrogen-bond acceptors (Lipinski definition) is 2. The number of ketones is 1. The van der Waals surface area contributed by atoms with E-state index in [2.05, 4.69) is 4.98 Å². The second-order valence-corrected chi connectivity index (χ2v) is 3.34. The highest BCUT2D eigenvalue weighted by Crippen LogP contribution is 2.20. The molecule has 0 radical (unpaired) electrons. The predicted octanol–water partition coefficient (Wildman–Crippen LogP) is 2.26. The van der Waals surface area contributed by atoms with Crippen LogP contribution in [0.1, 0.15) is 10.4 Å². The summed E-state index contributed by atoms with van der Waals surface area (Å²) >= 11 is 5.07. The standard InChI is InChI=1S/C10H5ClFNO2/c11-10(15)9(14)7-4-13-8-3-5(12)1-2-6(7)8/h1-4,13H. The highest BCUT2D eigenvalue weighted by Gasteiger charge is 2.17. The zero-order valence-corrected chi connectivity index (χ0v) is 8.14. The molecular weight excluding hydrogens is 221 g/mol. The van der Waals surface area contributed by atoms with Crippen LogP contribution in [0.25, 0.3) is 10.9 Å². The largest absolute Gasteiger partial charge is 0.360 e. The zero-order chi connectivity index (χ0) is 11.0. The SMILES string of the molecule is O=C(Cl)C(=O)c1c[nH]c2cc(F)ccc12. The van der Waals surface area contributed by atoms with Crippen molar-refractivity contribution in [1.29, 1.82) is 0 Å². The third-order valence-corrected chi connectivity index (χ3v) is 2.24. The van der Waals surface area contributed by atoms with Gasteiger partial charge in [0.2, 0.25) is 5.78 Å². The molecule has 1 aromatic heterocycles. The number of carbonyl (C=O) groups is 2. The monoisotopic (exact) mass is 225 g/mol. The summed E-state index contributed by atoms with van der Waals surface area (Å²) in [6.45, 7) is 0. The molecule has 1 N–H and O–H groups in total. The van der Waals surface area contributed by atoms with Crippen LogP contribution in [0, 0.1) is 5.82 Å². The minimum absolute atomic E-state index is 0.157. The van der Waals surface area contributed by atoms with Crippen LogP contribution in [-0.4, -0.2) is 16.0 Å². The molecule has 3 nitrogen and oxygen atoms in total. The fourth-order valence-electron chi connectivity index (χ4n) is 1.39. The number of Topliss-reactive ketones (excluding diaryl/α,β-unsaturated/α-hetero) is 1. The first kappa shape index (κ1) is 9.86. The average molecular weight is 226 g/mol. The van der Waals surface area contributed by atoms with Gasteiger partial charge in [0.25, 0.3) is 5.24 Å². The number of hydrogen-bond donors (Lipinski definition) is 1. The second-order valence-electron chi connectivity index (χ2n) is 3.00. The summed E-state index contributed by atoms with van der Waals surface area (Å²) in [7, 11) is 0. The molecule has 76 valence electrons. The van der Waals surface area contributed by atoms with E-state index in [1.807, 2.05) is 0 Å².